The lowest BCUT2D eigenvalue weighted by atomic mass is 10.0. The van der Waals surface area contributed by atoms with Gasteiger partial charge in [-0.25, -0.2) is 0 Å². The van der Waals surface area contributed by atoms with Crippen LogP contribution in [-0.2, 0) is 0 Å². The number of benzene rings is 1. The molecule has 0 spiro atoms. The largest absolute Gasteiger partial charge is 0.277 e. The van der Waals surface area contributed by atoms with Crippen molar-refractivity contribution in [1.29, 1.82) is 0 Å². The van der Waals surface area contributed by atoms with Crippen molar-refractivity contribution in [3.63, 3.8) is 0 Å². The fourth-order valence-electron chi connectivity index (χ4n) is 1.51. The number of hydrogen-bond acceptors (Lipinski definition) is 1. The monoisotopic (exact) mass is 312 g/mol. The minimum Gasteiger partial charge on any atom is -0.277 e. The first-order chi connectivity index (χ1) is 7.18. The molecule has 0 aliphatic carbocycles. The minimum absolute atomic E-state index is 0.583. The van der Waals surface area contributed by atoms with Gasteiger partial charge in [0.05, 0.1) is 15.5 Å². The summed E-state index contributed by atoms with van der Waals surface area (Å²) < 4.78 is 1.16. The number of rotatable bonds is 2. The maximum atomic E-state index is 4.02. The standard InChI is InChI=1S/C12H13IN2/c1-8(2)9-3-5-10(6-4-9)12-11(13)7-14-15-12/h3-8H,1-2H3,(H,14,15). The van der Waals surface area contributed by atoms with E-state index in [4.69, 9.17) is 0 Å². The van der Waals surface area contributed by atoms with Crippen LogP contribution in [0.15, 0.2) is 30.5 Å². The molecular formula is C12H13IN2. The molecular weight excluding hydrogens is 299 g/mol. The Morgan fingerprint density at radius 2 is 1.87 bits per heavy atom. The van der Waals surface area contributed by atoms with Gasteiger partial charge in [-0.15, -0.1) is 0 Å². The van der Waals surface area contributed by atoms with Gasteiger partial charge in [0.1, 0.15) is 0 Å². The van der Waals surface area contributed by atoms with Crippen LogP contribution in [0.4, 0.5) is 0 Å². The molecule has 3 heteroatoms. The molecule has 0 aliphatic rings. The van der Waals surface area contributed by atoms with Gasteiger partial charge in [-0.3, -0.25) is 5.10 Å². The van der Waals surface area contributed by atoms with Crippen LogP contribution in [-0.4, -0.2) is 10.2 Å². The molecule has 2 aromatic rings. The lowest BCUT2D eigenvalue weighted by Gasteiger charge is -2.05. The van der Waals surface area contributed by atoms with E-state index in [9.17, 15) is 0 Å². The maximum Gasteiger partial charge on any atom is 0.0783 e. The third-order valence-electron chi connectivity index (χ3n) is 2.46. The first-order valence-corrected chi connectivity index (χ1v) is 6.05. The quantitative estimate of drug-likeness (QED) is 0.840. The van der Waals surface area contributed by atoms with Gasteiger partial charge >= 0.3 is 0 Å². The van der Waals surface area contributed by atoms with Crippen LogP contribution in [0.3, 0.4) is 0 Å². The van der Waals surface area contributed by atoms with Crippen molar-refractivity contribution in [2.45, 2.75) is 19.8 Å². The number of H-pyrrole nitrogens is 1. The number of halogens is 1. The fraction of sp³-hybridized carbons (Fsp3) is 0.250. The van der Waals surface area contributed by atoms with Gasteiger partial charge in [0.25, 0.3) is 0 Å². The van der Waals surface area contributed by atoms with Crippen LogP contribution in [0.2, 0.25) is 0 Å². The maximum absolute atomic E-state index is 4.02. The summed E-state index contributed by atoms with van der Waals surface area (Å²) in [5.74, 6) is 0.583. The Kier molecular flexibility index (Phi) is 3.09. The van der Waals surface area contributed by atoms with Gasteiger partial charge in [0, 0.05) is 5.56 Å². The summed E-state index contributed by atoms with van der Waals surface area (Å²) in [6, 6.07) is 8.64. The summed E-state index contributed by atoms with van der Waals surface area (Å²) in [6.07, 6.45) is 1.84. The molecule has 0 saturated heterocycles. The summed E-state index contributed by atoms with van der Waals surface area (Å²) in [5.41, 5.74) is 3.67. The number of aromatic amines is 1. The predicted octanol–water partition coefficient (Wildman–Crippen LogP) is 3.80. The molecule has 0 fully saturated rings. The highest BCUT2D eigenvalue weighted by Gasteiger charge is 2.05. The SMILES string of the molecule is CC(C)c1ccc(-c2[nH]ncc2I)cc1. The zero-order valence-electron chi connectivity index (χ0n) is 8.79. The third kappa shape index (κ3) is 2.22. The highest BCUT2D eigenvalue weighted by atomic mass is 127. The van der Waals surface area contributed by atoms with E-state index in [1.165, 1.54) is 11.1 Å². The molecule has 0 amide bonds. The van der Waals surface area contributed by atoms with Crippen LogP contribution in [0.1, 0.15) is 25.3 Å². The number of nitrogens with one attached hydrogen (secondary N) is 1. The van der Waals surface area contributed by atoms with E-state index >= 15 is 0 Å². The van der Waals surface area contributed by atoms with E-state index in [1.54, 1.807) is 0 Å². The summed E-state index contributed by atoms with van der Waals surface area (Å²) >= 11 is 2.29. The van der Waals surface area contributed by atoms with Crippen molar-refractivity contribution in [2.75, 3.05) is 0 Å². The van der Waals surface area contributed by atoms with Crippen molar-refractivity contribution < 1.29 is 0 Å². The molecule has 0 radical (unpaired) electrons. The van der Waals surface area contributed by atoms with Crippen LogP contribution in [0.25, 0.3) is 11.3 Å². The zero-order chi connectivity index (χ0) is 10.8. The molecule has 0 atom stereocenters. The molecule has 0 saturated carbocycles. The molecule has 1 aromatic carbocycles. The fourth-order valence-corrected chi connectivity index (χ4v) is 2.08. The van der Waals surface area contributed by atoms with E-state index < -0.39 is 0 Å². The van der Waals surface area contributed by atoms with Crippen molar-refractivity contribution in [3.05, 3.63) is 39.6 Å². The Hall–Kier alpha value is -0.840. The van der Waals surface area contributed by atoms with Crippen LogP contribution in [0.5, 0.6) is 0 Å². The van der Waals surface area contributed by atoms with Crippen molar-refractivity contribution in [3.8, 4) is 11.3 Å². The van der Waals surface area contributed by atoms with Gasteiger partial charge in [-0.05, 0) is 34.1 Å². The first-order valence-electron chi connectivity index (χ1n) is 4.97. The predicted molar refractivity (Wildman–Crippen MR) is 70.8 cm³/mol. The van der Waals surface area contributed by atoms with Crippen molar-refractivity contribution in [1.82, 2.24) is 10.2 Å². The summed E-state index contributed by atoms with van der Waals surface area (Å²) in [5, 5.41) is 7.04. The van der Waals surface area contributed by atoms with Gasteiger partial charge in [-0.2, -0.15) is 5.10 Å². The second-order valence-corrected chi connectivity index (χ2v) is 5.03. The Morgan fingerprint density at radius 3 is 2.33 bits per heavy atom. The molecule has 2 rings (SSSR count). The Bertz CT molecular complexity index is 443. The van der Waals surface area contributed by atoms with Gasteiger partial charge in [-0.1, -0.05) is 38.1 Å². The Morgan fingerprint density at radius 1 is 1.20 bits per heavy atom. The van der Waals surface area contributed by atoms with Gasteiger partial charge in [0.2, 0.25) is 0 Å². The highest BCUT2D eigenvalue weighted by Crippen LogP contribution is 2.24. The van der Waals surface area contributed by atoms with E-state index in [1.807, 2.05) is 6.20 Å². The molecule has 0 aliphatic heterocycles. The topological polar surface area (TPSA) is 28.7 Å². The molecule has 1 aromatic heterocycles. The van der Waals surface area contributed by atoms with Gasteiger partial charge < -0.3 is 0 Å². The van der Waals surface area contributed by atoms with E-state index in [0.717, 1.165) is 9.26 Å². The Balaban J connectivity index is 2.36. The van der Waals surface area contributed by atoms with Crippen LogP contribution in [0, 0.1) is 3.57 Å². The van der Waals surface area contributed by atoms with Gasteiger partial charge in [0.15, 0.2) is 0 Å². The van der Waals surface area contributed by atoms with E-state index in [0.29, 0.717) is 5.92 Å². The molecule has 1 heterocycles. The Labute approximate surface area is 103 Å². The normalized spacial score (nSPS) is 10.9. The lowest BCUT2D eigenvalue weighted by molar-refractivity contribution is 0.867. The minimum atomic E-state index is 0.583. The smallest absolute Gasteiger partial charge is 0.0783 e. The number of aromatic nitrogens is 2. The third-order valence-corrected chi connectivity index (χ3v) is 3.28. The number of nitrogens with zero attached hydrogens (tertiary/aromatic N) is 1. The van der Waals surface area contributed by atoms with E-state index in [2.05, 4.69) is 70.9 Å². The first kappa shape index (κ1) is 10.7. The molecule has 1 N–H and O–H groups in total. The lowest BCUT2D eigenvalue weighted by Crippen LogP contribution is -1.87. The second kappa shape index (κ2) is 4.35. The van der Waals surface area contributed by atoms with Crippen LogP contribution < -0.4 is 0 Å². The second-order valence-electron chi connectivity index (χ2n) is 3.87. The van der Waals surface area contributed by atoms with E-state index in [-0.39, 0.29) is 0 Å². The molecule has 0 bridgehead atoms. The number of hydrogen-bond donors (Lipinski definition) is 1. The average Bonchev–Trinajstić information content (AvgIpc) is 2.65. The molecule has 2 nitrogen and oxygen atoms in total. The summed E-state index contributed by atoms with van der Waals surface area (Å²) in [6.45, 7) is 4.41. The van der Waals surface area contributed by atoms with Crippen molar-refractivity contribution in [2.24, 2.45) is 0 Å². The molecule has 0 unspecified atom stereocenters. The highest BCUT2D eigenvalue weighted by molar-refractivity contribution is 14.1. The summed E-state index contributed by atoms with van der Waals surface area (Å²) in [7, 11) is 0. The molecule has 15 heavy (non-hydrogen) atoms. The zero-order valence-corrected chi connectivity index (χ0v) is 10.9. The van der Waals surface area contributed by atoms with Crippen LogP contribution >= 0.6 is 22.6 Å². The average molecular weight is 312 g/mol. The summed E-state index contributed by atoms with van der Waals surface area (Å²) in [4.78, 5) is 0. The molecule has 78 valence electrons. The van der Waals surface area contributed by atoms with Crippen molar-refractivity contribution >= 4 is 22.6 Å².